The van der Waals surface area contributed by atoms with Crippen molar-refractivity contribution in [3.8, 4) is 0 Å². The molecule has 0 radical (unpaired) electrons. The van der Waals surface area contributed by atoms with Gasteiger partial charge in [-0.1, -0.05) is 17.7 Å². The monoisotopic (exact) mass is 300 g/mol. The van der Waals surface area contributed by atoms with E-state index in [0.717, 1.165) is 0 Å². The summed E-state index contributed by atoms with van der Waals surface area (Å²) in [5.41, 5.74) is 1.25. The van der Waals surface area contributed by atoms with Gasteiger partial charge in [0.2, 0.25) is 0 Å². The summed E-state index contributed by atoms with van der Waals surface area (Å²) >= 11 is 5.94. The van der Waals surface area contributed by atoms with Crippen molar-refractivity contribution >= 4 is 29.3 Å². The van der Waals surface area contributed by atoms with E-state index < -0.39 is 18.0 Å². The summed E-state index contributed by atoms with van der Waals surface area (Å²) in [5, 5.41) is 14.5. The van der Waals surface area contributed by atoms with Crippen molar-refractivity contribution in [2.45, 2.75) is 19.4 Å². The number of urea groups is 1. The number of ether oxygens (including phenoxy) is 1. The largest absolute Gasteiger partial charge is 0.480 e. The first kappa shape index (κ1) is 16.3. The summed E-state index contributed by atoms with van der Waals surface area (Å²) in [6, 6.07) is 3.49. The minimum absolute atomic E-state index is 0.188. The van der Waals surface area contributed by atoms with Gasteiger partial charge >= 0.3 is 12.0 Å². The molecule has 0 heterocycles. The zero-order chi connectivity index (χ0) is 15.1. The van der Waals surface area contributed by atoms with Crippen LogP contribution in [-0.2, 0) is 9.53 Å². The maximum Gasteiger partial charge on any atom is 0.326 e. The Morgan fingerprint density at radius 2 is 2.15 bits per heavy atom. The van der Waals surface area contributed by atoms with Gasteiger partial charge in [0.15, 0.2) is 0 Å². The Kier molecular flexibility index (Phi) is 6.27. The van der Waals surface area contributed by atoms with Crippen molar-refractivity contribution in [2.75, 3.05) is 19.0 Å². The van der Waals surface area contributed by atoms with E-state index in [9.17, 15) is 9.59 Å². The molecule has 1 aromatic carbocycles. The van der Waals surface area contributed by atoms with E-state index in [2.05, 4.69) is 10.6 Å². The number of halogens is 1. The van der Waals surface area contributed by atoms with Gasteiger partial charge in [-0.2, -0.15) is 0 Å². The van der Waals surface area contributed by atoms with E-state index >= 15 is 0 Å². The number of carbonyl (C=O) groups excluding carboxylic acids is 1. The molecule has 20 heavy (non-hydrogen) atoms. The number of benzene rings is 1. The molecule has 1 aromatic rings. The lowest BCUT2D eigenvalue weighted by Crippen LogP contribution is -2.43. The number of rotatable bonds is 6. The SMILES string of the molecule is COCCC(NC(=O)Nc1cccc(Cl)c1C)C(=O)O. The fraction of sp³-hybridized carbons (Fsp3) is 0.385. The van der Waals surface area contributed by atoms with Gasteiger partial charge in [-0.05, 0) is 24.6 Å². The van der Waals surface area contributed by atoms with Crippen molar-refractivity contribution < 1.29 is 19.4 Å². The number of hydrogen-bond donors (Lipinski definition) is 3. The van der Waals surface area contributed by atoms with Gasteiger partial charge in [0.25, 0.3) is 0 Å². The Labute approximate surface area is 122 Å². The van der Waals surface area contributed by atoms with E-state index in [4.69, 9.17) is 21.4 Å². The molecule has 0 aliphatic heterocycles. The second kappa shape index (κ2) is 7.72. The Bertz CT molecular complexity index is 493. The van der Waals surface area contributed by atoms with Crippen LogP contribution in [0.4, 0.5) is 10.5 Å². The van der Waals surface area contributed by atoms with Crippen LogP contribution in [0.15, 0.2) is 18.2 Å². The van der Waals surface area contributed by atoms with Crippen molar-refractivity contribution in [3.63, 3.8) is 0 Å². The average molecular weight is 301 g/mol. The van der Waals surface area contributed by atoms with Crippen molar-refractivity contribution in [2.24, 2.45) is 0 Å². The van der Waals surface area contributed by atoms with E-state index in [1.807, 2.05) is 0 Å². The van der Waals surface area contributed by atoms with Gasteiger partial charge in [0, 0.05) is 30.8 Å². The molecule has 0 saturated heterocycles. The van der Waals surface area contributed by atoms with E-state index in [0.29, 0.717) is 16.3 Å². The number of carboxylic acid groups (broad SMARTS) is 1. The van der Waals surface area contributed by atoms with Crippen LogP contribution in [-0.4, -0.2) is 36.9 Å². The molecule has 7 heteroatoms. The van der Waals surface area contributed by atoms with Gasteiger partial charge in [0.05, 0.1) is 0 Å². The predicted molar refractivity (Wildman–Crippen MR) is 76.3 cm³/mol. The molecule has 0 aliphatic rings. The number of anilines is 1. The van der Waals surface area contributed by atoms with Crippen molar-refractivity contribution in [3.05, 3.63) is 28.8 Å². The molecule has 2 amide bonds. The highest BCUT2D eigenvalue weighted by atomic mass is 35.5. The molecule has 6 nitrogen and oxygen atoms in total. The molecule has 0 saturated carbocycles. The number of hydrogen-bond acceptors (Lipinski definition) is 3. The number of carbonyl (C=O) groups is 2. The van der Waals surface area contributed by atoms with Crippen LogP contribution in [0.5, 0.6) is 0 Å². The van der Waals surface area contributed by atoms with Crippen LogP contribution in [0.3, 0.4) is 0 Å². The van der Waals surface area contributed by atoms with Gasteiger partial charge in [-0.25, -0.2) is 9.59 Å². The zero-order valence-corrected chi connectivity index (χ0v) is 12.0. The van der Waals surface area contributed by atoms with Crippen LogP contribution in [0.2, 0.25) is 5.02 Å². The van der Waals surface area contributed by atoms with Gasteiger partial charge in [0.1, 0.15) is 6.04 Å². The first-order chi connectivity index (χ1) is 9.45. The maximum absolute atomic E-state index is 11.8. The Hall–Kier alpha value is -1.79. The smallest absolute Gasteiger partial charge is 0.326 e. The number of aliphatic carboxylic acids is 1. The highest BCUT2D eigenvalue weighted by Gasteiger charge is 2.19. The Balaban J connectivity index is 2.66. The van der Waals surface area contributed by atoms with Gasteiger partial charge in [-0.3, -0.25) is 0 Å². The number of methoxy groups -OCH3 is 1. The van der Waals surface area contributed by atoms with E-state index in [1.165, 1.54) is 7.11 Å². The lowest BCUT2D eigenvalue weighted by Gasteiger charge is -2.15. The second-order valence-corrected chi connectivity index (χ2v) is 4.59. The molecule has 3 N–H and O–H groups in total. The predicted octanol–water partition coefficient (Wildman–Crippen LogP) is 2.26. The van der Waals surface area contributed by atoms with Crippen LogP contribution >= 0.6 is 11.6 Å². The summed E-state index contributed by atoms with van der Waals surface area (Å²) in [4.78, 5) is 22.8. The molecular weight excluding hydrogens is 284 g/mol. The lowest BCUT2D eigenvalue weighted by molar-refractivity contribution is -0.139. The minimum atomic E-state index is -1.11. The van der Waals surface area contributed by atoms with Crippen molar-refractivity contribution in [1.82, 2.24) is 5.32 Å². The first-order valence-corrected chi connectivity index (χ1v) is 6.38. The minimum Gasteiger partial charge on any atom is -0.480 e. The third-order valence-corrected chi connectivity index (χ3v) is 3.14. The highest BCUT2D eigenvalue weighted by Crippen LogP contribution is 2.22. The summed E-state index contributed by atoms with van der Waals surface area (Å²) in [6.07, 6.45) is 0.188. The summed E-state index contributed by atoms with van der Waals surface area (Å²) in [5.74, 6) is -1.11. The Morgan fingerprint density at radius 1 is 1.45 bits per heavy atom. The third kappa shape index (κ3) is 4.71. The molecule has 0 spiro atoms. The molecule has 1 unspecified atom stereocenters. The molecule has 0 bridgehead atoms. The fourth-order valence-corrected chi connectivity index (χ4v) is 1.73. The maximum atomic E-state index is 11.8. The fourth-order valence-electron chi connectivity index (χ4n) is 1.55. The topological polar surface area (TPSA) is 87.7 Å². The standard InChI is InChI=1S/C13H17ClN2O4/c1-8-9(14)4-3-5-10(8)15-13(19)16-11(12(17)18)6-7-20-2/h3-5,11H,6-7H2,1-2H3,(H,17,18)(H2,15,16,19). The van der Waals surface area contributed by atoms with Crippen LogP contribution in [0.25, 0.3) is 0 Å². The quantitative estimate of drug-likeness (QED) is 0.752. The van der Waals surface area contributed by atoms with Crippen molar-refractivity contribution in [1.29, 1.82) is 0 Å². The number of nitrogens with one attached hydrogen (secondary N) is 2. The van der Waals surface area contributed by atoms with Gasteiger partial charge in [-0.15, -0.1) is 0 Å². The van der Waals surface area contributed by atoms with E-state index in [1.54, 1.807) is 25.1 Å². The molecule has 110 valence electrons. The molecule has 0 aliphatic carbocycles. The Morgan fingerprint density at radius 3 is 2.75 bits per heavy atom. The molecule has 1 rings (SSSR count). The summed E-state index contributed by atoms with van der Waals surface area (Å²) in [6.45, 7) is 2.00. The van der Waals surface area contributed by atoms with Crippen LogP contribution in [0, 0.1) is 6.92 Å². The third-order valence-electron chi connectivity index (χ3n) is 2.73. The molecular formula is C13H17ClN2O4. The summed E-state index contributed by atoms with van der Waals surface area (Å²) < 4.78 is 4.80. The first-order valence-electron chi connectivity index (χ1n) is 6.00. The van der Waals surface area contributed by atoms with E-state index in [-0.39, 0.29) is 13.0 Å². The normalized spacial score (nSPS) is 11.8. The van der Waals surface area contributed by atoms with Gasteiger partial charge < -0.3 is 20.5 Å². The summed E-state index contributed by atoms with van der Waals surface area (Å²) in [7, 11) is 1.47. The number of carboxylic acids is 1. The van der Waals surface area contributed by atoms with Crippen LogP contribution < -0.4 is 10.6 Å². The lowest BCUT2D eigenvalue weighted by atomic mass is 10.2. The van der Waals surface area contributed by atoms with Crippen LogP contribution in [0.1, 0.15) is 12.0 Å². The second-order valence-electron chi connectivity index (χ2n) is 4.18. The average Bonchev–Trinajstić information content (AvgIpc) is 2.39. The number of amides is 2. The zero-order valence-electron chi connectivity index (χ0n) is 11.3. The molecule has 0 aromatic heterocycles. The molecule has 1 atom stereocenters. The highest BCUT2D eigenvalue weighted by molar-refractivity contribution is 6.31. The molecule has 0 fully saturated rings.